The predicted octanol–water partition coefficient (Wildman–Crippen LogP) is 2.28. The van der Waals surface area contributed by atoms with Gasteiger partial charge in [-0.25, -0.2) is 18.4 Å². The second-order valence-corrected chi connectivity index (χ2v) is 12.2. The average Bonchev–Trinajstić information content (AvgIpc) is 3.39. The Hall–Kier alpha value is -4.07. The molecule has 2 atom stereocenters. The van der Waals surface area contributed by atoms with E-state index in [1.54, 1.807) is 16.7 Å². The highest BCUT2D eigenvalue weighted by atomic mass is 32.2. The molecule has 13 heteroatoms. The number of carbonyl (C=O) groups excluding carboxylic acids is 1. The highest BCUT2D eigenvalue weighted by Gasteiger charge is 2.31. The maximum absolute atomic E-state index is 13.6. The molecule has 2 heterocycles. The Kier molecular flexibility index (Phi) is 10.1. The Morgan fingerprint density at radius 1 is 1.00 bits per heavy atom. The van der Waals surface area contributed by atoms with Gasteiger partial charge in [0.05, 0.1) is 37.6 Å². The number of imidazole rings is 1. The van der Waals surface area contributed by atoms with Gasteiger partial charge >= 0.3 is 0 Å². The largest absolute Gasteiger partial charge is 0.497 e. The number of hydrogen-bond acceptors (Lipinski definition) is 9. The molecular formula is C29H36N6O6S. The van der Waals surface area contributed by atoms with E-state index in [9.17, 15) is 18.3 Å². The molecule has 42 heavy (non-hydrogen) atoms. The van der Waals surface area contributed by atoms with Crippen LogP contribution in [0.25, 0.3) is 11.2 Å². The first-order valence-electron chi connectivity index (χ1n) is 13.5. The number of nitrogens with zero attached hydrogens (tertiary/aromatic N) is 5. The molecule has 0 radical (unpaired) electrons. The minimum Gasteiger partial charge on any atom is -0.497 e. The zero-order chi connectivity index (χ0) is 30.3. The second-order valence-electron chi connectivity index (χ2n) is 10.3. The van der Waals surface area contributed by atoms with E-state index in [-0.39, 0.29) is 36.9 Å². The van der Waals surface area contributed by atoms with E-state index in [0.717, 1.165) is 5.56 Å². The SMILES string of the molecule is COc1ccc(S(=O)(=O)N(CC(C)C)C[C@@H](O)[C@H](Cc2ccccc2)NC(=O)Cn2cnc3c(OC)ncnc32)cc1. The number of sulfonamides is 1. The van der Waals surface area contributed by atoms with Crippen molar-refractivity contribution in [2.45, 2.75) is 43.9 Å². The highest BCUT2D eigenvalue weighted by molar-refractivity contribution is 7.89. The Morgan fingerprint density at radius 3 is 2.36 bits per heavy atom. The molecule has 0 unspecified atom stereocenters. The van der Waals surface area contributed by atoms with Crippen molar-refractivity contribution in [2.75, 3.05) is 27.3 Å². The van der Waals surface area contributed by atoms with Crippen molar-refractivity contribution in [1.82, 2.24) is 29.1 Å². The summed E-state index contributed by atoms with van der Waals surface area (Å²) < 4.78 is 40.5. The molecule has 0 aliphatic heterocycles. The molecule has 0 aliphatic carbocycles. The number of ether oxygens (including phenoxy) is 2. The van der Waals surface area contributed by atoms with Crippen LogP contribution in [0.4, 0.5) is 0 Å². The highest BCUT2D eigenvalue weighted by Crippen LogP contribution is 2.22. The lowest BCUT2D eigenvalue weighted by atomic mass is 10.0. The number of hydrogen-bond donors (Lipinski definition) is 2. The third kappa shape index (κ3) is 7.41. The van der Waals surface area contributed by atoms with Gasteiger partial charge in [0.25, 0.3) is 0 Å². The molecule has 2 N–H and O–H groups in total. The zero-order valence-electron chi connectivity index (χ0n) is 24.0. The van der Waals surface area contributed by atoms with Crippen LogP contribution in [0, 0.1) is 5.92 Å². The molecule has 4 aromatic rings. The second kappa shape index (κ2) is 13.7. The maximum Gasteiger partial charge on any atom is 0.245 e. The first-order chi connectivity index (χ1) is 20.1. The minimum atomic E-state index is -3.96. The van der Waals surface area contributed by atoms with Gasteiger partial charge in [0.2, 0.25) is 21.8 Å². The molecule has 0 aliphatic rings. The van der Waals surface area contributed by atoms with E-state index in [1.807, 2.05) is 44.2 Å². The van der Waals surface area contributed by atoms with E-state index in [2.05, 4.69) is 20.3 Å². The standard InChI is InChI=1S/C29H36N6O6S/c1-20(2)15-35(42(38,39)23-12-10-22(40-3)11-13-23)16-25(36)24(14-21-8-6-5-7-9-21)33-26(37)17-34-19-32-27-28(34)30-18-31-29(27)41-4/h5-13,18-20,24-25,36H,14-17H2,1-4H3,(H,33,37)/t24-,25+/m0/s1. The normalized spacial score (nSPS) is 13.3. The van der Waals surface area contributed by atoms with E-state index in [4.69, 9.17) is 9.47 Å². The fourth-order valence-corrected chi connectivity index (χ4v) is 6.21. The summed E-state index contributed by atoms with van der Waals surface area (Å²) in [7, 11) is -0.978. The lowest BCUT2D eigenvalue weighted by Gasteiger charge is -2.31. The molecule has 2 aromatic carbocycles. The summed E-state index contributed by atoms with van der Waals surface area (Å²) in [5.74, 6) is 0.409. The van der Waals surface area contributed by atoms with E-state index >= 15 is 0 Å². The molecular weight excluding hydrogens is 560 g/mol. The summed E-state index contributed by atoms with van der Waals surface area (Å²) in [6.45, 7) is 3.64. The number of amides is 1. The Labute approximate surface area is 245 Å². The monoisotopic (exact) mass is 596 g/mol. The Bertz CT molecular complexity index is 1580. The summed E-state index contributed by atoms with van der Waals surface area (Å²) in [6.07, 6.45) is 1.86. The zero-order valence-corrected chi connectivity index (χ0v) is 24.9. The van der Waals surface area contributed by atoms with Crippen LogP contribution in [0.15, 0.2) is 72.1 Å². The first-order valence-corrected chi connectivity index (χ1v) is 14.9. The number of rotatable bonds is 14. The van der Waals surface area contributed by atoms with Crippen molar-refractivity contribution < 1.29 is 27.8 Å². The molecule has 4 rings (SSSR count). The van der Waals surface area contributed by atoms with Gasteiger partial charge in [0, 0.05) is 13.1 Å². The van der Waals surface area contributed by atoms with Crippen LogP contribution in [0.3, 0.4) is 0 Å². The quantitative estimate of drug-likeness (QED) is 0.224. The van der Waals surface area contributed by atoms with Crippen LogP contribution >= 0.6 is 0 Å². The summed E-state index contributed by atoms with van der Waals surface area (Å²) in [5, 5.41) is 14.4. The van der Waals surface area contributed by atoms with Crippen molar-refractivity contribution >= 4 is 27.1 Å². The van der Waals surface area contributed by atoms with Crippen LogP contribution in [-0.4, -0.2) is 82.7 Å². The fourth-order valence-electron chi connectivity index (χ4n) is 4.59. The summed E-state index contributed by atoms with van der Waals surface area (Å²) in [5.41, 5.74) is 1.72. The van der Waals surface area contributed by atoms with Crippen LogP contribution in [0.5, 0.6) is 11.6 Å². The molecule has 0 bridgehead atoms. The van der Waals surface area contributed by atoms with E-state index < -0.39 is 28.1 Å². The van der Waals surface area contributed by atoms with Crippen LogP contribution in [-0.2, 0) is 27.8 Å². The number of aliphatic hydroxyl groups is 1. The molecule has 1 amide bonds. The molecule has 224 valence electrons. The van der Waals surface area contributed by atoms with Crippen LogP contribution in [0.2, 0.25) is 0 Å². The smallest absolute Gasteiger partial charge is 0.245 e. The van der Waals surface area contributed by atoms with Gasteiger partial charge in [-0.05, 0) is 42.2 Å². The predicted molar refractivity (Wildman–Crippen MR) is 157 cm³/mol. The fraction of sp³-hybridized carbons (Fsp3) is 0.379. The van der Waals surface area contributed by atoms with Crippen molar-refractivity contribution in [3.05, 3.63) is 72.8 Å². The van der Waals surface area contributed by atoms with Gasteiger partial charge in [-0.2, -0.15) is 9.29 Å². The molecule has 0 saturated carbocycles. The third-order valence-electron chi connectivity index (χ3n) is 6.64. The van der Waals surface area contributed by atoms with Crippen molar-refractivity contribution in [3.63, 3.8) is 0 Å². The number of methoxy groups -OCH3 is 2. The van der Waals surface area contributed by atoms with Gasteiger partial charge in [0.1, 0.15) is 18.6 Å². The summed E-state index contributed by atoms with van der Waals surface area (Å²) in [4.78, 5) is 25.9. The van der Waals surface area contributed by atoms with Crippen molar-refractivity contribution in [1.29, 1.82) is 0 Å². The van der Waals surface area contributed by atoms with Crippen molar-refractivity contribution in [3.8, 4) is 11.6 Å². The van der Waals surface area contributed by atoms with Crippen molar-refractivity contribution in [2.24, 2.45) is 5.92 Å². The molecule has 0 spiro atoms. The Balaban J connectivity index is 1.57. The first kappa shape index (κ1) is 30.9. The van der Waals surface area contributed by atoms with Crippen LogP contribution in [0.1, 0.15) is 19.4 Å². The lowest BCUT2D eigenvalue weighted by Crippen LogP contribution is -2.51. The molecule has 0 saturated heterocycles. The number of benzene rings is 2. The number of carbonyl (C=O) groups is 1. The Morgan fingerprint density at radius 2 is 1.71 bits per heavy atom. The van der Waals surface area contributed by atoms with Crippen LogP contribution < -0.4 is 14.8 Å². The van der Waals surface area contributed by atoms with Gasteiger partial charge in [-0.1, -0.05) is 44.2 Å². The molecule has 2 aromatic heterocycles. The topological polar surface area (TPSA) is 149 Å². The van der Waals surface area contributed by atoms with E-state index in [1.165, 1.54) is 43.3 Å². The third-order valence-corrected chi connectivity index (χ3v) is 8.49. The van der Waals surface area contributed by atoms with Gasteiger partial charge in [-0.3, -0.25) is 4.79 Å². The van der Waals surface area contributed by atoms with Gasteiger partial charge in [-0.15, -0.1) is 0 Å². The lowest BCUT2D eigenvalue weighted by molar-refractivity contribution is -0.123. The molecule has 0 fully saturated rings. The number of aromatic nitrogens is 4. The maximum atomic E-state index is 13.6. The molecule has 12 nitrogen and oxygen atoms in total. The van der Waals surface area contributed by atoms with Gasteiger partial charge in [0.15, 0.2) is 11.2 Å². The summed E-state index contributed by atoms with van der Waals surface area (Å²) in [6, 6.07) is 14.7. The summed E-state index contributed by atoms with van der Waals surface area (Å²) >= 11 is 0. The number of aliphatic hydroxyl groups excluding tert-OH is 1. The number of fused-ring (bicyclic) bond motifs is 1. The average molecular weight is 597 g/mol. The minimum absolute atomic E-state index is 0.0131. The van der Waals surface area contributed by atoms with Gasteiger partial charge < -0.3 is 24.5 Å². The van der Waals surface area contributed by atoms with E-state index in [0.29, 0.717) is 22.8 Å². The number of nitrogens with one attached hydrogen (secondary N) is 1.